The van der Waals surface area contributed by atoms with Crippen molar-refractivity contribution in [2.45, 2.75) is 41.3 Å². The summed E-state index contributed by atoms with van der Waals surface area (Å²) in [6.07, 6.45) is 5.45. The smallest absolute Gasteiger partial charge is 0.243 e. The maximum Gasteiger partial charge on any atom is 0.243 e. The summed E-state index contributed by atoms with van der Waals surface area (Å²) >= 11 is 2.95. The van der Waals surface area contributed by atoms with Gasteiger partial charge in [-0.05, 0) is 55.4 Å². The fourth-order valence-electron chi connectivity index (χ4n) is 4.55. The molecule has 32 heavy (non-hydrogen) atoms. The van der Waals surface area contributed by atoms with Crippen molar-refractivity contribution in [1.82, 2.24) is 19.4 Å². The lowest BCUT2D eigenvalue weighted by Crippen LogP contribution is -2.50. The molecule has 2 saturated heterocycles. The van der Waals surface area contributed by atoms with Gasteiger partial charge in [-0.25, -0.2) is 8.42 Å². The predicted molar refractivity (Wildman–Crippen MR) is 126 cm³/mol. The van der Waals surface area contributed by atoms with E-state index in [-0.39, 0.29) is 5.91 Å². The number of anilines is 1. The zero-order valence-corrected chi connectivity index (χ0v) is 20.4. The average molecular weight is 494 g/mol. The Bertz CT molecular complexity index is 1090. The van der Waals surface area contributed by atoms with Crippen LogP contribution in [0.3, 0.4) is 0 Å². The molecular formula is C21H27N5O3S3. The summed E-state index contributed by atoms with van der Waals surface area (Å²) in [5, 5.41) is 9.40. The van der Waals surface area contributed by atoms with Crippen LogP contribution in [-0.4, -0.2) is 78.7 Å². The standard InChI is InChI=1S/C21H27N5O3S3/c27-19(15-30-21-23-22-20(31-21)25-8-1-2-9-25)24-10-12-26(13-11-24)32(28,29)18-7-6-16-4-3-5-17(16)14-18/h6-7,14H,1-5,8-13,15H2. The number of aromatic nitrogens is 2. The van der Waals surface area contributed by atoms with Gasteiger partial charge in [-0.1, -0.05) is 29.2 Å². The monoisotopic (exact) mass is 493 g/mol. The summed E-state index contributed by atoms with van der Waals surface area (Å²) in [5.74, 6) is 0.314. The lowest BCUT2D eigenvalue weighted by molar-refractivity contribution is -0.129. The molecule has 0 radical (unpaired) electrons. The molecule has 8 nitrogen and oxygen atoms in total. The number of fused-ring (bicyclic) bond motifs is 1. The number of carbonyl (C=O) groups is 1. The molecule has 3 aliphatic rings. The van der Waals surface area contributed by atoms with Crippen molar-refractivity contribution in [3.8, 4) is 0 Å². The molecule has 172 valence electrons. The normalized spacial score (nSPS) is 19.5. The van der Waals surface area contributed by atoms with Gasteiger partial charge in [-0.3, -0.25) is 4.79 Å². The number of nitrogens with zero attached hydrogens (tertiary/aromatic N) is 5. The summed E-state index contributed by atoms with van der Waals surface area (Å²) in [4.78, 5) is 17.0. The molecule has 0 N–H and O–H groups in total. The Morgan fingerprint density at radius 1 is 0.969 bits per heavy atom. The highest BCUT2D eigenvalue weighted by molar-refractivity contribution is 8.01. The van der Waals surface area contributed by atoms with Crippen LogP contribution in [0.1, 0.15) is 30.4 Å². The maximum atomic E-state index is 13.1. The van der Waals surface area contributed by atoms with Crippen LogP contribution < -0.4 is 4.90 Å². The van der Waals surface area contributed by atoms with E-state index in [2.05, 4.69) is 15.1 Å². The molecule has 2 fully saturated rings. The molecular weight excluding hydrogens is 466 g/mol. The second kappa shape index (κ2) is 9.28. The molecule has 1 amide bonds. The molecule has 1 aromatic heterocycles. The van der Waals surface area contributed by atoms with Gasteiger partial charge in [0.25, 0.3) is 0 Å². The third-order valence-electron chi connectivity index (χ3n) is 6.39. The Kier molecular flexibility index (Phi) is 6.42. The Labute approximate surface area is 197 Å². The Hall–Kier alpha value is -1.69. The quantitative estimate of drug-likeness (QED) is 0.571. The van der Waals surface area contributed by atoms with E-state index < -0.39 is 10.0 Å². The molecule has 0 bridgehead atoms. The van der Waals surface area contributed by atoms with Crippen molar-refractivity contribution < 1.29 is 13.2 Å². The van der Waals surface area contributed by atoms with E-state index in [0.717, 1.165) is 47.4 Å². The number of aryl methyl sites for hydroxylation is 2. The summed E-state index contributed by atoms with van der Waals surface area (Å²) in [6.45, 7) is 3.53. The molecule has 1 aromatic carbocycles. The van der Waals surface area contributed by atoms with Crippen LogP contribution >= 0.6 is 23.1 Å². The van der Waals surface area contributed by atoms with Gasteiger partial charge in [0.1, 0.15) is 0 Å². The fourth-order valence-corrected chi connectivity index (χ4v) is 7.82. The number of hydrogen-bond acceptors (Lipinski definition) is 8. The van der Waals surface area contributed by atoms with E-state index in [1.54, 1.807) is 11.0 Å². The molecule has 11 heteroatoms. The molecule has 2 aromatic rings. The third-order valence-corrected chi connectivity index (χ3v) is 10.4. The number of rotatable bonds is 6. The first-order chi connectivity index (χ1) is 15.5. The third kappa shape index (κ3) is 4.52. The van der Waals surface area contributed by atoms with E-state index in [0.29, 0.717) is 36.8 Å². The van der Waals surface area contributed by atoms with E-state index in [4.69, 9.17) is 0 Å². The molecule has 1 aliphatic carbocycles. The van der Waals surface area contributed by atoms with Gasteiger partial charge in [0.2, 0.25) is 21.1 Å². The molecule has 0 unspecified atom stereocenters. The maximum absolute atomic E-state index is 13.1. The van der Waals surface area contributed by atoms with Gasteiger partial charge in [0.15, 0.2) is 4.34 Å². The van der Waals surface area contributed by atoms with E-state index >= 15 is 0 Å². The molecule has 2 aliphatic heterocycles. The van der Waals surface area contributed by atoms with Crippen molar-refractivity contribution in [3.05, 3.63) is 29.3 Å². The van der Waals surface area contributed by atoms with Crippen LogP contribution in [0.25, 0.3) is 0 Å². The predicted octanol–water partition coefficient (Wildman–Crippen LogP) is 2.25. The van der Waals surface area contributed by atoms with Crippen molar-refractivity contribution in [2.75, 3.05) is 49.9 Å². The van der Waals surface area contributed by atoms with Crippen molar-refractivity contribution >= 4 is 44.2 Å². The van der Waals surface area contributed by atoms with E-state index in [9.17, 15) is 13.2 Å². The molecule has 5 rings (SSSR count). The summed E-state index contributed by atoms with van der Waals surface area (Å²) in [5.41, 5.74) is 2.42. The van der Waals surface area contributed by atoms with Crippen LogP contribution in [0.5, 0.6) is 0 Å². The first kappa shape index (κ1) is 22.1. The number of piperazine rings is 1. The van der Waals surface area contributed by atoms with Crippen LogP contribution in [-0.2, 0) is 27.7 Å². The second-order valence-corrected chi connectivity index (χ2v) is 12.5. The van der Waals surface area contributed by atoms with E-state index in [1.165, 1.54) is 45.8 Å². The molecule has 0 spiro atoms. The van der Waals surface area contributed by atoms with Gasteiger partial charge in [0.05, 0.1) is 10.6 Å². The molecule has 3 heterocycles. The number of amides is 1. The highest BCUT2D eigenvalue weighted by Gasteiger charge is 2.31. The second-order valence-electron chi connectivity index (χ2n) is 8.40. The Morgan fingerprint density at radius 3 is 2.50 bits per heavy atom. The van der Waals surface area contributed by atoms with Gasteiger partial charge in [-0.15, -0.1) is 10.2 Å². The number of benzene rings is 1. The van der Waals surface area contributed by atoms with Crippen LogP contribution in [0, 0.1) is 0 Å². The lowest BCUT2D eigenvalue weighted by Gasteiger charge is -2.34. The van der Waals surface area contributed by atoms with Crippen molar-refractivity contribution in [2.24, 2.45) is 0 Å². The van der Waals surface area contributed by atoms with Crippen LogP contribution in [0.15, 0.2) is 27.4 Å². The summed E-state index contributed by atoms with van der Waals surface area (Å²) < 4.78 is 28.5. The first-order valence-corrected chi connectivity index (χ1v) is 14.4. The highest BCUT2D eigenvalue weighted by atomic mass is 32.2. The van der Waals surface area contributed by atoms with Gasteiger partial charge in [-0.2, -0.15) is 4.31 Å². The zero-order valence-electron chi connectivity index (χ0n) is 17.9. The number of carbonyl (C=O) groups excluding carboxylic acids is 1. The molecule has 0 atom stereocenters. The highest BCUT2D eigenvalue weighted by Crippen LogP contribution is 2.30. The van der Waals surface area contributed by atoms with E-state index in [1.807, 2.05) is 12.1 Å². The number of thioether (sulfide) groups is 1. The first-order valence-electron chi connectivity index (χ1n) is 11.1. The van der Waals surface area contributed by atoms with Gasteiger partial charge in [0, 0.05) is 39.3 Å². The van der Waals surface area contributed by atoms with Crippen LogP contribution in [0.4, 0.5) is 5.13 Å². The largest absolute Gasteiger partial charge is 0.347 e. The van der Waals surface area contributed by atoms with Crippen molar-refractivity contribution in [1.29, 1.82) is 0 Å². The SMILES string of the molecule is O=C(CSc1nnc(N2CCCC2)s1)N1CCN(S(=O)(=O)c2ccc3c(c2)CCC3)CC1. The summed E-state index contributed by atoms with van der Waals surface area (Å²) in [6, 6.07) is 5.52. The minimum absolute atomic E-state index is 0.0162. The van der Waals surface area contributed by atoms with Crippen LogP contribution in [0.2, 0.25) is 0 Å². The number of sulfonamides is 1. The minimum Gasteiger partial charge on any atom is -0.347 e. The van der Waals surface area contributed by atoms with Crippen molar-refractivity contribution in [3.63, 3.8) is 0 Å². The number of hydrogen-bond donors (Lipinski definition) is 0. The zero-order chi connectivity index (χ0) is 22.1. The minimum atomic E-state index is -3.52. The van der Waals surface area contributed by atoms with Gasteiger partial charge >= 0.3 is 0 Å². The fraction of sp³-hybridized carbons (Fsp3) is 0.571. The Balaban J connectivity index is 1.13. The topological polar surface area (TPSA) is 86.7 Å². The Morgan fingerprint density at radius 2 is 1.72 bits per heavy atom. The summed E-state index contributed by atoms with van der Waals surface area (Å²) in [7, 11) is -3.52. The molecule has 0 saturated carbocycles. The van der Waals surface area contributed by atoms with Gasteiger partial charge < -0.3 is 9.80 Å². The average Bonchev–Trinajstić information content (AvgIpc) is 3.58. The lowest BCUT2D eigenvalue weighted by atomic mass is 10.1.